The summed E-state index contributed by atoms with van der Waals surface area (Å²) < 4.78 is 10.8. The van der Waals surface area contributed by atoms with Crippen LogP contribution >= 0.6 is 11.3 Å². The van der Waals surface area contributed by atoms with Crippen molar-refractivity contribution in [1.29, 1.82) is 0 Å². The van der Waals surface area contributed by atoms with Crippen molar-refractivity contribution < 1.29 is 24.2 Å². The van der Waals surface area contributed by atoms with Crippen LogP contribution in [0.1, 0.15) is 72.2 Å². The molecule has 1 aromatic heterocycles. The molecule has 2 heterocycles. The molecule has 204 valence electrons. The lowest BCUT2D eigenvalue weighted by atomic mass is 10.0. The van der Waals surface area contributed by atoms with Gasteiger partial charge in [0.2, 0.25) is 5.91 Å². The summed E-state index contributed by atoms with van der Waals surface area (Å²) in [6, 6.07) is 11.4. The number of carbonyl (C=O) groups is 2. The normalized spacial score (nSPS) is 14.8. The predicted octanol–water partition coefficient (Wildman–Crippen LogP) is 4.66. The van der Waals surface area contributed by atoms with Crippen LogP contribution in [0.25, 0.3) is 0 Å². The first-order chi connectivity index (χ1) is 18.0. The lowest BCUT2D eigenvalue weighted by molar-refractivity contribution is -0.127. The number of benzene rings is 1. The molecule has 1 aliphatic rings. The van der Waals surface area contributed by atoms with Crippen LogP contribution < -0.4 is 5.43 Å². The second kappa shape index (κ2) is 15.7. The summed E-state index contributed by atoms with van der Waals surface area (Å²) in [7, 11) is 0. The van der Waals surface area contributed by atoms with Gasteiger partial charge < -0.3 is 14.6 Å². The maximum Gasteiger partial charge on any atom is 0.348 e. The molecule has 1 saturated heterocycles. The molecule has 1 amide bonds. The molecule has 0 saturated carbocycles. The average molecular weight is 532 g/mol. The number of aliphatic hydroxyl groups excluding tert-OH is 1. The van der Waals surface area contributed by atoms with Gasteiger partial charge in [-0.3, -0.25) is 20.1 Å². The van der Waals surface area contributed by atoms with E-state index in [0.29, 0.717) is 18.0 Å². The van der Waals surface area contributed by atoms with Crippen molar-refractivity contribution >= 4 is 28.9 Å². The first-order valence-electron chi connectivity index (χ1n) is 13.3. The number of unbranched alkanes of at least 4 members (excludes halogenated alkanes) is 2. The van der Waals surface area contributed by atoms with E-state index in [0.717, 1.165) is 87.5 Å². The Morgan fingerprint density at radius 1 is 1.14 bits per heavy atom. The second-order valence-corrected chi connectivity index (χ2v) is 10.5. The zero-order chi connectivity index (χ0) is 26.5. The van der Waals surface area contributed by atoms with Gasteiger partial charge in [0, 0.05) is 38.0 Å². The van der Waals surface area contributed by atoms with E-state index in [1.807, 2.05) is 36.4 Å². The Hall–Kier alpha value is -2.46. The fourth-order valence-corrected chi connectivity index (χ4v) is 5.12. The molecule has 37 heavy (non-hydrogen) atoms. The van der Waals surface area contributed by atoms with Crippen LogP contribution in [0.4, 0.5) is 5.69 Å². The van der Waals surface area contributed by atoms with Crippen molar-refractivity contribution in [2.24, 2.45) is 0 Å². The maximum atomic E-state index is 12.4. The van der Waals surface area contributed by atoms with E-state index in [4.69, 9.17) is 9.47 Å². The van der Waals surface area contributed by atoms with Gasteiger partial charge in [0.1, 0.15) is 11.5 Å². The Balaban J connectivity index is 1.40. The molecule has 1 aromatic carbocycles. The molecule has 9 heteroatoms. The topological polar surface area (TPSA) is 91.3 Å². The van der Waals surface area contributed by atoms with Crippen LogP contribution in [0.2, 0.25) is 0 Å². The first-order valence-corrected chi connectivity index (χ1v) is 14.2. The standard InChI is InChI=1S/C28H41N3O5S/c1-3-4-5-8-26(33)23-9-11-24(12-10-23)29-31(22(2)32)15-6-7-25-13-14-27(37-25)28(34)36-21-18-30-16-19-35-20-17-30/h9-14,26,29,33H,3-8,15-21H2,1-2H3. The third-order valence-corrected chi connectivity index (χ3v) is 7.56. The van der Waals surface area contributed by atoms with E-state index in [-0.39, 0.29) is 11.9 Å². The number of ether oxygens (including phenoxy) is 2. The van der Waals surface area contributed by atoms with Crippen molar-refractivity contribution in [2.45, 2.75) is 58.5 Å². The Labute approximate surface area is 224 Å². The summed E-state index contributed by atoms with van der Waals surface area (Å²) in [5, 5.41) is 11.9. The van der Waals surface area contributed by atoms with E-state index in [2.05, 4.69) is 17.2 Å². The van der Waals surface area contributed by atoms with Crippen LogP contribution in [0.15, 0.2) is 36.4 Å². The van der Waals surface area contributed by atoms with Gasteiger partial charge in [-0.1, -0.05) is 38.3 Å². The number of carbonyl (C=O) groups excluding carboxylic acids is 2. The number of morpholine rings is 1. The Morgan fingerprint density at radius 3 is 2.59 bits per heavy atom. The van der Waals surface area contributed by atoms with Crippen LogP contribution in [-0.4, -0.2) is 72.9 Å². The van der Waals surface area contributed by atoms with E-state index in [1.165, 1.54) is 18.3 Å². The van der Waals surface area contributed by atoms with E-state index >= 15 is 0 Å². The number of hydrazine groups is 1. The third kappa shape index (κ3) is 10.1. The van der Waals surface area contributed by atoms with Crippen molar-refractivity contribution in [3.63, 3.8) is 0 Å². The quantitative estimate of drug-likeness (QED) is 0.196. The lowest BCUT2D eigenvalue weighted by Gasteiger charge is -2.26. The average Bonchev–Trinajstić information content (AvgIpc) is 3.38. The molecule has 1 unspecified atom stereocenters. The summed E-state index contributed by atoms with van der Waals surface area (Å²) in [5.41, 5.74) is 4.87. The highest BCUT2D eigenvalue weighted by atomic mass is 32.1. The number of hydrogen-bond acceptors (Lipinski definition) is 8. The fraction of sp³-hybridized carbons (Fsp3) is 0.571. The van der Waals surface area contributed by atoms with Crippen LogP contribution in [0, 0.1) is 0 Å². The van der Waals surface area contributed by atoms with Gasteiger partial charge in [0.05, 0.1) is 25.0 Å². The molecular formula is C28H41N3O5S. The van der Waals surface area contributed by atoms with E-state index < -0.39 is 6.10 Å². The minimum Gasteiger partial charge on any atom is -0.460 e. The Bertz CT molecular complexity index is 959. The van der Waals surface area contributed by atoms with Gasteiger partial charge in [-0.25, -0.2) is 4.79 Å². The van der Waals surface area contributed by atoms with Crippen molar-refractivity contribution in [2.75, 3.05) is 51.4 Å². The summed E-state index contributed by atoms with van der Waals surface area (Å²) in [5.74, 6) is -0.352. The highest BCUT2D eigenvalue weighted by Crippen LogP contribution is 2.22. The zero-order valence-corrected chi connectivity index (χ0v) is 22.9. The Kier molecular flexibility index (Phi) is 12.4. The molecule has 2 aromatic rings. The third-order valence-electron chi connectivity index (χ3n) is 6.43. The minimum atomic E-state index is -0.456. The van der Waals surface area contributed by atoms with Crippen LogP contribution in [0.3, 0.4) is 0 Å². The number of thiophene rings is 1. The predicted molar refractivity (Wildman–Crippen MR) is 147 cm³/mol. The van der Waals surface area contributed by atoms with Gasteiger partial charge in [-0.05, 0) is 49.1 Å². The number of nitrogens with one attached hydrogen (secondary N) is 1. The molecule has 1 fully saturated rings. The van der Waals surface area contributed by atoms with Crippen LogP contribution in [0.5, 0.6) is 0 Å². The number of amides is 1. The SMILES string of the molecule is CCCCCC(O)c1ccc(NN(CCCc2ccc(C(=O)OCCN3CCOCC3)s2)C(C)=O)cc1. The Morgan fingerprint density at radius 2 is 1.89 bits per heavy atom. The minimum absolute atomic E-state index is 0.0700. The van der Waals surface area contributed by atoms with Crippen molar-refractivity contribution in [3.8, 4) is 0 Å². The number of nitrogens with zero attached hydrogens (tertiary/aromatic N) is 2. The molecule has 8 nitrogen and oxygen atoms in total. The van der Waals surface area contributed by atoms with Crippen molar-refractivity contribution in [1.82, 2.24) is 9.91 Å². The number of anilines is 1. The maximum absolute atomic E-state index is 12.4. The largest absolute Gasteiger partial charge is 0.460 e. The fourth-order valence-electron chi connectivity index (χ4n) is 4.18. The number of hydrogen-bond donors (Lipinski definition) is 2. The van der Waals surface area contributed by atoms with E-state index in [9.17, 15) is 14.7 Å². The van der Waals surface area contributed by atoms with Gasteiger partial charge in [0.15, 0.2) is 0 Å². The molecule has 2 N–H and O–H groups in total. The number of aliphatic hydroxyl groups is 1. The molecule has 3 rings (SSSR count). The van der Waals surface area contributed by atoms with Crippen molar-refractivity contribution in [3.05, 3.63) is 51.7 Å². The van der Waals surface area contributed by atoms with Gasteiger partial charge >= 0.3 is 5.97 Å². The molecule has 1 aliphatic heterocycles. The molecule has 0 bridgehead atoms. The number of rotatable bonds is 15. The summed E-state index contributed by atoms with van der Waals surface area (Å²) >= 11 is 1.45. The van der Waals surface area contributed by atoms with Crippen LogP contribution in [-0.2, 0) is 20.7 Å². The molecule has 0 radical (unpaired) electrons. The molecule has 1 atom stereocenters. The smallest absolute Gasteiger partial charge is 0.348 e. The molecule has 0 aliphatic carbocycles. The van der Waals surface area contributed by atoms with Gasteiger partial charge in [-0.15, -0.1) is 11.3 Å². The van der Waals surface area contributed by atoms with Gasteiger partial charge in [-0.2, -0.15) is 0 Å². The highest BCUT2D eigenvalue weighted by molar-refractivity contribution is 7.13. The highest BCUT2D eigenvalue weighted by Gasteiger charge is 2.15. The number of esters is 1. The molecule has 0 spiro atoms. The van der Waals surface area contributed by atoms with Gasteiger partial charge in [0.25, 0.3) is 0 Å². The second-order valence-electron chi connectivity index (χ2n) is 9.38. The summed E-state index contributed by atoms with van der Waals surface area (Å²) in [6.45, 7) is 8.54. The number of aryl methyl sites for hydroxylation is 1. The first kappa shape index (κ1) is 29.1. The monoisotopic (exact) mass is 531 g/mol. The zero-order valence-electron chi connectivity index (χ0n) is 22.1. The summed E-state index contributed by atoms with van der Waals surface area (Å²) in [4.78, 5) is 28.5. The van der Waals surface area contributed by atoms with E-state index in [1.54, 1.807) is 5.01 Å². The lowest BCUT2D eigenvalue weighted by Crippen LogP contribution is -2.38. The summed E-state index contributed by atoms with van der Waals surface area (Å²) in [6.07, 6.45) is 5.09. The molecular weight excluding hydrogens is 490 g/mol.